The summed E-state index contributed by atoms with van der Waals surface area (Å²) in [5, 5.41) is 10.0. The largest absolute Gasteiger partial charge is 0.508 e. The highest BCUT2D eigenvalue weighted by Gasteiger charge is 2.36. The Bertz CT molecular complexity index is 440. The number of rotatable bonds is 2. The predicted octanol–water partition coefficient (Wildman–Crippen LogP) is 4.50. The summed E-state index contributed by atoms with van der Waals surface area (Å²) < 4.78 is 0. The van der Waals surface area contributed by atoms with Crippen LogP contribution in [0.25, 0.3) is 0 Å². The molecule has 1 aromatic carbocycles. The van der Waals surface area contributed by atoms with Crippen LogP contribution in [0.4, 0.5) is 0 Å². The van der Waals surface area contributed by atoms with E-state index < -0.39 is 0 Å². The number of aromatic hydroxyl groups is 1. The predicted molar refractivity (Wildman–Crippen MR) is 82.8 cm³/mol. The lowest BCUT2D eigenvalue weighted by molar-refractivity contribution is 0.0482. The van der Waals surface area contributed by atoms with Crippen LogP contribution in [0.3, 0.4) is 0 Å². The van der Waals surface area contributed by atoms with Gasteiger partial charge in [0.25, 0.3) is 0 Å². The van der Waals surface area contributed by atoms with Gasteiger partial charge in [0.2, 0.25) is 0 Å². The van der Waals surface area contributed by atoms with Gasteiger partial charge in [0.15, 0.2) is 0 Å². The average molecular weight is 273 g/mol. The van der Waals surface area contributed by atoms with Crippen molar-refractivity contribution in [3.8, 4) is 5.75 Å². The van der Waals surface area contributed by atoms with Crippen LogP contribution in [0, 0.1) is 5.41 Å². The summed E-state index contributed by atoms with van der Waals surface area (Å²) in [6.07, 6.45) is 9.93. The molecule has 1 aliphatic carbocycles. The Morgan fingerprint density at radius 2 is 1.65 bits per heavy atom. The zero-order valence-corrected chi connectivity index (χ0v) is 12.6. The van der Waals surface area contributed by atoms with Crippen molar-refractivity contribution in [3.63, 3.8) is 0 Å². The van der Waals surface area contributed by atoms with Crippen LogP contribution in [0.1, 0.15) is 63.5 Å². The van der Waals surface area contributed by atoms with Crippen LogP contribution in [-0.4, -0.2) is 23.1 Å². The van der Waals surface area contributed by atoms with Gasteiger partial charge in [0.05, 0.1) is 0 Å². The average Bonchev–Trinajstić information content (AvgIpc) is 2.49. The number of piperidine rings is 1. The maximum atomic E-state index is 10.0. The molecule has 1 heterocycles. The van der Waals surface area contributed by atoms with E-state index in [1.165, 1.54) is 58.0 Å². The Kier molecular flexibility index (Phi) is 4.02. The number of hydrogen-bond donors (Lipinski definition) is 1. The molecule has 0 bridgehead atoms. The second-order valence-corrected chi connectivity index (χ2v) is 6.83. The van der Waals surface area contributed by atoms with E-state index in [0.29, 0.717) is 17.2 Å². The van der Waals surface area contributed by atoms with E-state index >= 15 is 0 Å². The van der Waals surface area contributed by atoms with Crippen molar-refractivity contribution >= 4 is 0 Å². The third kappa shape index (κ3) is 2.71. The van der Waals surface area contributed by atoms with Crippen molar-refractivity contribution in [2.75, 3.05) is 13.1 Å². The molecule has 2 aliphatic rings. The molecule has 1 aromatic rings. The second kappa shape index (κ2) is 5.77. The lowest BCUT2D eigenvalue weighted by Crippen LogP contribution is -2.42. The summed E-state index contributed by atoms with van der Waals surface area (Å²) in [7, 11) is 0. The van der Waals surface area contributed by atoms with Crippen LogP contribution >= 0.6 is 0 Å². The van der Waals surface area contributed by atoms with Gasteiger partial charge in [-0.05, 0) is 57.2 Å². The van der Waals surface area contributed by atoms with Crippen molar-refractivity contribution in [1.29, 1.82) is 0 Å². The lowest BCUT2D eigenvalue weighted by Gasteiger charge is -2.46. The third-order valence-corrected chi connectivity index (χ3v) is 5.71. The zero-order valence-electron chi connectivity index (χ0n) is 12.6. The molecule has 0 radical (unpaired) electrons. The number of hydrogen-bond acceptors (Lipinski definition) is 2. The minimum Gasteiger partial charge on any atom is -0.508 e. The van der Waals surface area contributed by atoms with Gasteiger partial charge in [0.1, 0.15) is 5.75 Å². The van der Waals surface area contributed by atoms with E-state index in [4.69, 9.17) is 0 Å². The molecule has 20 heavy (non-hydrogen) atoms. The Hall–Kier alpha value is -1.02. The van der Waals surface area contributed by atoms with Gasteiger partial charge in [-0.25, -0.2) is 0 Å². The van der Waals surface area contributed by atoms with E-state index in [1.54, 1.807) is 6.07 Å². The zero-order chi connectivity index (χ0) is 14.0. The summed E-state index contributed by atoms with van der Waals surface area (Å²) in [6, 6.07) is 8.12. The Morgan fingerprint density at radius 1 is 1.00 bits per heavy atom. The molecule has 1 unspecified atom stereocenters. The summed E-state index contributed by atoms with van der Waals surface area (Å²) in [4.78, 5) is 2.55. The normalized spacial score (nSPS) is 24.6. The van der Waals surface area contributed by atoms with Gasteiger partial charge in [0, 0.05) is 11.6 Å². The van der Waals surface area contributed by atoms with Gasteiger partial charge >= 0.3 is 0 Å². The summed E-state index contributed by atoms with van der Waals surface area (Å²) in [5.74, 6) is 0.443. The Labute approximate surface area is 122 Å². The van der Waals surface area contributed by atoms with Gasteiger partial charge in [-0.3, -0.25) is 4.90 Å². The number of phenols is 1. The number of phenolic OH excluding ortho intramolecular Hbond substituents is 1. The molecule has 2 fully saturated rings. The quantitative estimate of drug-likeness (QED) is 0.857. The molecular formula is C18H27NO. The fourth-order valence-electron chi connectivity index (χ4n) is 4.22. The number of nitrogens with zero attached hydrogens (tertiary/aromatic N) is 1. The summed E-state index contributed by atoms with van der Waals surface area (Å²) >= 11 is 0. The first-order chi connectivity index (χ1) is 9.70. The minimum atomic E-state index is 0.331. The molecule has 110 valence electrons. The highest BCUT2D eigenvalue weighted by Crippen LogP contribution is 2.45. The topological polar surface area (TPSA) is 23.5 Å². The van der Waals surface area contributed by atoms with Crippen molar-refractivity contribution < 1.29 is 5.11 Å². The maximum absolute atomic E-state index is 10.0. The molecule has 1 saturated carbocycles. The molecule has 0 amide bonds. The van der Waals surface area contributed by atoms with E-state index in [2.05, 4.69) is 17.9 Å². The highest BCUT2D eigenvalue weighted by atomic mass is 16.3. The third-order valence-electron chi connectivity index (χ3n) is 5.71. The van der Waals surface area contributed by atoms with Crippen molar-refractivity contribution in [2.45, 2.75) is 57.9 Å². The first-order valence-corrected chi connectivity index (χ1v) is 8.22. The van der Waals surface area contributed by atoms with Gasteiger partial charge < -0.3 is 5.11 Å². The molecule has 1 N–H and O–H groups in total. The van der Waals surface area contributed by atoms with E-state index in [0.717, 1.165) is 5.56 Å². The molecule has 1 saturated heterocycles. The second-order valence-electron chi connectivity index (χ2n) is 6.83. The molecule has 0 aromatic heterocycles. The van der Waals surface area contributed by atoms with E-state index in [9.17, 15) is 5.11 Å². The standard InChI is InChI=1S/C18H27NO/c1-15(16-7-3-4-8-17(16)20)19-13-11-18(12-14-19)9-5-2-6-10-18/h3-4,7-8,15,20H,2,5-6,9-14H2,1H3. The van der Waals surface area contributed by atoms with Crippen molar-refractivity contribution in [1.82, 2.24) is 4.90 Å². The molecule has 1 atom stereocenters. The van der Waals surface area contributed by atoms with Gasteiger partial charge in [-0.15, -0.1) is 0 Å². The molecule has 1 aliphatic heterocycles. The highest BCUT2D eigenvalue weighted by molar-refractivity contribution is 5.34. The Morgan fingerprint density at radius 3 is 2.30 bits per heavy atom. The number of likely N-dealkylation sites (tertiary alicyclic amines) is 1. The monoisotopic (exact) mass is 273 g/mol. The summed E-state index contributed by atoms with van der Waals surface area (Å²) in [6.45, 7) is 4.61. The van der Waals surface area contributed by atoms with E-state index in [1.807, 2.05) is 12.1 Å². The molecule has 1 spiro atoms. The molecule has 2 heteroatoms. The minimum absolute atomic E-state index is 0.331. The number of benzene rings is 1. The van der Waals surface area contributed by atoms with Crippen LogP contribution in [0.5, 0.6) is 5.75 Å². The fraction of sp³-hybridized carbons (Fsp3) is 0.667. The Balaban J connectivity index is 1.64. The number of para-hydroxylation sites is 1. The van der Waals surface area contributed by atoms with Crippen LogP contribution in [-0.2, 0) is 0 Å². The molecular weight excluding hydrogens is 246 g/mol. The van der Waals surface area contributed by atoms with Gasteiger partial charge in [-0.1, -0.05) is 37.5 Å². The first kappa shape index (κ1) is 13.9. The SMILES string of the molecule is CC(c1ccccc1O)N1CCC2(CCCCC2)CC1. The fourth-order valence-corrected chi connectivity index (χ4v) is 4.22. The summed E-state index contributed by atoms with van der Waals surface area (Å²) in [5.41, 5.74) is 1.74. The van der Waals surface area contributed by atoms with Crippen LogP contribution in [0.2, 0.25) is 0 Å². The maximum Gasteiger partial charge on any atom is 0.120 e. The van der Waals surface area contributed by atoms with E-state index in [-0.39, 0.29) is 0 Å². The molecule has 3 rings (SSSR count). The van der Waals surface area contributed by atoms with Crippen molar-refractivity contribution in [3.05, 3.63) is 29.8 Å². The van der Waals surface area contributed by atoms with Gasteiger partial charge in [-0.2, -0.15) is 0 Å². The molecule has 2 nitrogen and oxygen atoms in total. The lowest BCUT2D eigenvalue weighted by atomic mass is 9.68. The van der Waals surface area contributed by atoms with Crippen LogP contribution in [0.15, 0.2) is 24.3 Å². The smallest absolute Gasteiger partial charge is 0.120 e. The first-order valence-electron chi connectivity index (χ1n) is 8.22. The van der Waals surface area contributed by atoms with Crippen LogP contribution < -0.4 is 0 Å². The van der Waals surface area contributed by atoms with Crippen molar-refractivity contribution in [2.24, 2.45) is 5.41 Å².